The smallest absolute Gasteiger partial charge is 0.0775 e. The highest BCUT2D eigenvalue weighted by Crippen LogP contribution is 2.07. The van der Waals surface area contributed by atoms with E-state index in [0.717, 1.165) is 5.57 Å². The van der Waals surface area contributed by atoms with Gasteiger partial charge in [0.15, 0.2) is 0 Å². The number of rotatable bonds is 1. The van der Waals surface area contributed by atoms with E-state index in [9.17, 15) is 0 Å². The monoisotopic (exact) mass is 139 g/mol. The molecule has 10 heavy (non-hydrogen) atoms. The summed E-state index contributed by atoms with van der Waals surface area (Å²) in [5.74, 6) is 0. The van der Waals surface area contributed by atoms with Crippen LogP contribution in [0.5, 0.6) is 0 Å². The van der Waals surface area contributed by atoms with Crippen molar-refractivity contribution in [1.29, 1.82) is 0 Å². The Kier molecular flexibility index (Phi) is 2.12. The minimum Gasteiger partial charge on any atom is -0.389 e. The van der Waals surface area contributed by atoms with Gasteiger partial charge in [-0.05, 0) is 19.4 Å². The molecule has 0 aromatic heterocycles. The number of nitrogens with one attached hydrogen (secondary N) is 1. The van der Waals surface area contributed by atoms with Crippen LogP contribution in [-0.2, 0) is 0 Å². The van der Waals surface area contributed by atoms with Crippen molar-refractivity contribution >= 4 is 0 Å². The van der Waals surface area contributed by atoms with E-state index in [1.807, 2.05) is 18.4 Å². The van der Waals surface area contributed by atoms with Crippen LogP contribution in [0.3, 0.4) is 0 Å². The largest absolute Gasteiger partial charge is 0.389 e. The fraction of sp³-hybridized carbons (Fsp3) is 0.500. The summed E-state index contributed by atoms with van der Waals surface area (Å²) in [7, 11) is 0. The molecule has 1 heterocycles. The molecule has 2 heteroatoms. The van der Waals surface area contributed by atoms with Gasteiger partial charge in [0.05, 0.1) is 6.10 Å². The molecule has 0 fully saturated rings. The van der Waals surface area contributed by atoms with Crippen LogP contribution in [0, 0.1) is 0 Å². The van der Waals surface area contributed by atoms with E-state index in [2.05, 4.69) is 12.2 Å². The normalized spacial score (nSPS) is 27.1. The number of hydrogen-bond acceptors (Lipinski definition) is 2. The average Bonchev–Trinajstić information content (AvgIpc) is 1.88. The van der Waals surface area contributed by atoms with E-state index in [4.69, 9.17) is 5.11 Å². The molecule has 1 aliphatic heterocycles. The van der Waals surface area contributed by atoms with Gasteiger partial charge in [-0.2, -0.15) is 0 Å². The SMILES string of the molecule is CC1C=CC(C(C)O)=CN1. The zero-order chi connectivity index (χ0) is 7.56. The zero-order valence-electron chi connectivity index (χ0n) is 6.33. The molecule has 0 saturated heterocycles. The van der Waals surface area contributed by atoms with E-state index in [-0.39, 0.29) is 6.10 Å². The molecular formula is C8H13NO. The molecule has 56 valence electrons. The van der Waals surface area contributed by atoms with Crippen LogP contribution in [0.1, 0.15) is 13.8 Å². The average molecular weight is 139 g/mol. The molecule has 2 atom stereocenters. The number of aliphatic hydroxyl groups excluding tert-OH is 1. The molecule has 0 aromatic carbocycles. The summed E-state index contributed by atoms with van der Waals surface area (Å²) in [5, 5.41) is 12.2. The van der Waals surface area contributed by atoms with Gasteiger partial charge >= 0.3 is 0 Å². The summed E-state index contributed by atoms with van der Waals surface area (Å²) in [4.78, 5) is 0. The molecule has 0 amide bonds. The lowest BCUT2D eigenvalue weighted by Gasteiger charge is -2.15. The number of aliphatic hydroxyl groups is 1. The van der Waals surface area contributed by atoms with Crippen molar-refractivity contribution in [3.63, 3.8) is 0 Å². The van der Waals surface area contributed by atoms with Gasteiger partial charge in [-0.25, -0.2) is 0 Å². The minimum absolute atomic E-state index is 0.365. The Morgan fingerprint density at radius 1 is 1.70 bits per heavy atom. The van der Waals surface area contributed by atoms with E-state index in [1.165, 1.54) is 0 Å². The third kappa shape index (κ3) is 1.61. The third-order valence-electron chi connectivity index (χ3n) is 1.57. The van der Waals surface area contributed by atoms with Gasteiger partial charge in [0.1, 0.15) is 0 Å². The second kappa shape index (κ2) is 2.88. The van der Waals surface area contributed by atoms with Crippen LogP contribution in [0.2, 0.25) is 0 Å². The molecule has 0 radical (unpaired) electrons. The van der Waals surface area contributed by atoms with Crippen LogP contribution in [0.15, 0.2) is 23.9 Å². The van der Waals surface area contributed by atoms with Crippen LogP contribution in [0.4, 0.5) is 0 Å². The van der Waals surface area contributed by atoms with E-state index in [1.54, 1.807) is 6.92 Å². The summed E-state index contributed by atoms with van der Waals surface area (Å²) in [6.45, 7) is 3.82. The van der Waals surface area contributed by atoms with E-state index >= 15 is 0 Å². The van der Waals surface area contributed by atoms with Gasteiger partial charge in [0, 0.05) is 12.2 Å². The molecule has 2 unspecified atom stereocenters. The predicted octanol–water partition coefficient (Wildman–Crippen LogP) is 0.799. The Bertz CT molecular complexity index is 170. The molecule has 1 aliphatic rings. The van der Waals surface area contributed by atoms with Gasteiger partial charge < -0.3 is 10.4 Å². The number of dihydropyridines is 1. The first-order valence-electron chi connectivity index (χ1n) is 3.52. The van der Waals surface area contributed by atoms with Crippen molar-refractivity contribution in [3.8, 4) is 0 Å². The topological polar surface area (TPSA) is 32.3 Å². The highest BCUT2D eigenvalue weighted by molar-refractivity contribution is 5.26. The lowest BCUT2D eigenvalue weighted by Crippen LogP contribution is -2.23. The summed E-state index contributed by atoms with van der Waals surface area (Å²) in [5.41, 5.74) is 0.943. The Hall–Kier alpha value is -0.760. The first kappa shape index (κ1) is 7.35. The molecule has 0 saturated carbocycles. The second-order valence-electron chi connectivity index (χ2n) is 2.63. The quantitative estimate of drug-likeness (QED) is 0.563. The predicted molar refractivity (Wildman–Crippen MR) is 41.5 cm³/mol. The molecule has 1 rings (SSSR count). The van der Waals surface area contributed by atoms with Crippen molar-refractivity contribution in [1.82, 2.24) is 5.32 Å². The number of hydrogen-bond donors (Lipinski definition) is 2. The maximum absolute atomic E-state index is 9.10. The lowest BCUT2D eigenvalue weighted by molar-refractivity contribution is 0.234. The van der Waals surface area contributed by atoms with Crippen LogP contribution < -0.4 is 5.32 Å². The molecule has 2 nitrogen and oxygen atoms in total. The van der Waals surface area contributed by atoms with E-state index < -0.39 is 0 Å². The van der Waals surface area contributed by atoms with Gasteiger partial charge in [-0.1, -0.05) is 12.2 Å². The summed E-state index contributed by atoms with van der Waals surface area (Å²) in [6.07, 6.45) is 5.47. The minimum atomic E-state index is -0.365. The van der Waals surface area contributed by atoms with Crippen molar-refractivity contribution in [2.75, 3.05) is 0 Å². The molecular weight excluding hydrogens is 126 g/mol. The molecule has 0 spiro atoms. The van der Waals surface area contributed by atoms with Gasteiger partial charge in [-0.15, -0.1) is 0 Å². The van der Waals surface area contributed by atoms with Gasteiger partial charge in [-0.3, -0.25) is 0 Å². The lowest BCUT2D eigenvalue weighted by atomic mass is 10.1. The Morgan fingerprint density at radius 2 is 2.40 bits per heavy atom. The summed E-state index contributed by atoms with van der Waals surface area (Å²) >= 11 is 0. The van der Waals surface area contributed by atoms with Crippen LogP contribution >= 0.6 is 0 Å². The van der Waals surface area contributed by atoms with Gasteiger partial charge in [0.25, 0.3) is 0 Å². The second-order valence-corrected chi connectivity index (χ2v) is 2.63. The first-order chi connectivity index (χ1) is 4.70. The third-order valence-corrected chi connectivity index (χ3v) is 1.57. The summed E-state index contributed by atoms with van der Waals surface area (Å²) < 4.78 is 0. The van der Waals surface area contributed by atoms with Crippen molar-refractivity contribution in [2.45, 2.75) is 26.0 Å². The Morgan fingerprint density at radius 3 is 2.80 bits per heavy atom. The van der Waals surface area contributed by atoms with Gasteiger partial charge in [0.2, 0.25) is 0 Å². The van der Waals surface area contributed by atoms with E-state index in [0.29, 0.717) is 6.04 Å². The fourth-order valence-electron chi connectivity index (χ4n) is 0.847. The summed E-state index contributed by atoms with van der Waals surface area (Å²) in [6, 6.07) is 0.391. The van der Waals surface area contributed by atoms with Crippen molar-refractivity contribution in [3.05, 3.63) is 23.9 Å². The highest BCUT2D eigenvalue weighted by atomic mass is 16.3. The standard InChI is InChI=1S/C8H13NO/c1-6-3-4-8(5-9-6)7(2)10/h3-7,9-10H,1-2H3. The molecule has 0 bridgehead atoms. The fourth-order valence-corrected chi connectivity index (χ4v) is 0.847. The van der Waals surface area contributed by atoms with Crippen LogP contribution in [-0.4, -0.2) is 17.3 Å². The van der Waals surface area contributed by atoms with Crippen molar-refractivity contribution in [2.24, 2.45) is 0 Å². The highest BCUT2D eigenvalue weighted by Gasteiger charge is 2.05. The molecule has 0 aliphatic carbocycles. The first-order valence-corrected chi connectivity index (χ1v) is 3.52. The molecule has 2 N–H and O–H groups in total. The maximum Gasteiger partial charge on any atom is 0.0775 e. The Labute approximate surface area is 61.3 Å². The zero-order valence-corrected chi connectivity index (χ0v) is 6.33. The van der Waals surface area contributed by atoms with Crippen molar-refractivity contribution < 1.29 is 5.11 Å². The Balaban J connectivity index is 2.59. The van der Waals surface area contributed by atoms with Crippen LogP contribution in [0.25, 0.3) is 0 Å². The molecule has 0 aromatic rings. The maximum atomic E-state index is 9.10.